The monoisotopic (exact) mass is 165 g/mol. The highest BCUT2D eigenvalue weighted by Gasteiger charge is 2.03. The fourth-order valence-electron chi connectivity index (χ4n) is 0.867. The van der Waals surface area contributed by atoms with Crippen molar-refractivity contribution in [3.8, 4) is 5.88 Å². The number of nitrogens with two attached hydrogens (primary N) is 1. The van der Waals surface area contributed by atoms with Crippen molar-refractivity contribution in [2.45, 2.75) is 6.92 Å². The molecule has 0 radical (unpaired) electrons. The van der Waals surface area contributed by atoms with E-state index < -0.39 is 0 Å². The number of pyridine rings is 1. The van der Waals surface area contributed by atoms with E-state index in [1.807, 2.05) is 13.0 Å². The van der Waals surface area contributed by atoms with Crippen LogP contribution in [-0.4, -0.2) is 17.9 Å². The molecule has 1 heterocycles. The standard InChI is InChI=1S/C8H11N3O/c1-5-3-4-6(7(9)10)11-8(5)12-2/h3-4H,1-2H3,(H3,9,10). The zero-order valence-corrected chi connectivity index (χ0v) is 7.09. The number of ether oxygens (including phenoxy) is 1. The molecule has 1 aromatic heterocycles. The minimum Gasteiger partial charge on any atom is -0.481 e. The number of rotatable bonds is 2. The van der Waals surface area contributed by atoms with Gasteiger partial charge in [-0.25, -0.2) is 4.98 Å². The summed E-state index contributed by atoms with van der Waals surface area (Å²) in [5.74, 6) is 0.469. The third-order valence-corrected chi connectivity index (χ3v) is 1.52. The summed E-state index contributed by atoms with van der Waals surface area (Å²) in [6, 6.07) is 3.52. The molecule has 0 atom stereocenters. The minimum atomic E-state index is -0.0479. The molecule has 1 aromatic rings. The van der Waals surface area contributed by atoms with Gasteiger partial charge in [0, 0.05) is 5.56 Å². The van der Waals surface area contributed by atoms with Crippen molar-refractivity contribution in [3.63, 3.8) is 0 Å². The fraction of sp³-hybridized carbons (Fsp3) is 0.250. The van der Waals surface area contributed by atoms with Crippen LogP contribution in [0, 0.1) is 12.3 Å². The molecule has 0 aliphatic rings. The molecule has 0 unspecified atom stereocenters. The molecule has 0 bridgehead atoms. The van der Waals surface area contributed by atoms with E-state index >= 15 is 0 Å². The van der Waals surface area contributed by atoms with Crippen molar-refractivity contribution in [1.29, 1.82) is 5.41 Å². The number of amidine groups is 1. The second-order valence-electron chi connectivity index (χ2n) is 2.44. The van der Waals surface area contributed by atoms with E-state index in [-0.39, 0.29) is 5.84 Å². The molecule has 0 aromatic carbocycles. The highest BCUT2D eigenvalue weighted by molar-refractivity contribution is 5.93. The van der Waals surface area contributed by atoms with Gasteiger partial charge in [-0.15, -0.1) is 0 Å². The number of nitrogen functional groups attached to an aromatic ring is 1. The Morgan fingerprint density at radius 2 is 2.25 bits per heavy atom. The van der Waals surface area contributed by atoms with Gasteiger partial charge in [0.05, 0.1) is 7.11 Å². The molecule has 12 heavy (non-hydrogen) atoms. The third kappa shape index (κ3) is 1.53. The Morgan fingerprint density at radius 3 is 2.75 bits per heavy atom. The summed E-state index contributed by atoms with van der Waals surface area (Å²) < 4.78 is 4.97. The van der Waals surface area contributed by atoms with Gasteiger partial charge >= 0.3 is 0 Å². The second kappa shape index (κ2) is 3.21. The zero-order valence-electron chi connectivity index (χ0n) is 7.09. The van der Waals surface area contributed by atoms with Gasteiger partial charge in [0.1, 0.15) is 11.5 Å². The summed E-state index contributed by atoms with van der Waals surface area (Å²) in [7, 11) is 1.54. The Labute approximate surface area is 70.9 Å². The average molecular weight is 165 g/mol. The molecular weight excluding hydrogens is 154 g/mol. The maximum Gasteiger partial charge on any atom is 0.216 e. The summed E-state index contributed by atoms with van der Waals surface area (Å²) in [5.41, 5.74) is 6.63. The number of nitrogens with zero attached hydrogens (tertiary/aromatic N) is 1. The lowest BCUT2D eigenvalue weighted by molar-refractivity contribution is 0.394. The van der Waals surface area contributed by atoms with E-state index in [2.05, 4.69) is 4.98 Å². The molecule has 3 N–H and O–H groups in total. The van der Waals surface area contributed by atoms with Gasteiger partial charge < -0.3 is 10.5 Å². The summed E-state index contributed by atoms with van der Waals surface area (Å²) in [6.07, 6.45) is 0. The number of nitrogens with one attached hydrogen (secondary N) is 1. The smallest absolute Gasteiger partial charge is 0.216 e. The van der Waals surface area contributed by atoms with E-state index in [9.17, 15) is 0 Å². The van der Waals surface area contributed by atoms with Gasteiger partial charge in [-0.2, -0.15) is 0 Å². The van der Waals surface area contributed by atoms with Crippen molar-refractivity contribution >= 4 is 5.84 Å². The van der Waals surface area contributed by atoms with Crippen molar-refractivity contribution in [2.75, 3.05) is 7.11 Å². The molecule has 0 aliphatic heterocycles. The van der Waals surface area contributed by atoms with Gasteiger partial charge in [-0.05, 0) is 13.0 Å². The normalized spacial score (nSPS) is 9.50. The molecule has 0 fully saturated rings. The third-order valence-electron chi connectivity index (χ3n) is 1.52. The first-order valence-corrected chi connectivity index (χ1v) is 3.51. The van der Waals surface area contributed by atoms with Gasteiger partial charge in [0.25, 0.3) is 0 Å². The number of aromatic nitrogens is 1. The Hall–Kier alpha value is -1.58. The lowest BCUT2D eigenvalue weighted by atomic mass is 10.2. The van der Waals surface area contributed by atoms with Crippen molar-refractivity contribution in [3.05, 3.63) is 23.4 Å². The molecule has 0 amide bonds. The zero-order chi connectivity index (χ0) is 9.14. The van der Waals surface area contributed by atoms with Crippen LogP contribution in [0.4, 0.5) is 0 Å². The molecule has 64 valence electrons. The van der Waals surface area contributed by atoms with Crippen LogP contribution in [0.5, 0.6) is 5.88 Å². The molecule has 0 saturated carbocycles. The van der Waals surface area contributed by atoms with Crippen LogP contribution in [0.3, 0.4) is 0 Å². The molecule has 0 aliphatic carbocycles. The van der Waals surface area contributed by atoms with E-state index in [1.165, 1.54) is 0 Å². The first kappa shape index (κ1) is 8.52. The van der Waals surface area contributed by atoms with Crippen LogP contribution in [0.1, 0.15) is 11.3 Å². The van der Waals surface area contributed by atoms with Crippen LogP contribution in [0.15, 0.2) is 12.1 Å². The molecule has 4 nitrogen and oxygen atoms in total. The predicted molar refractivity (Wildman–Crippen MR) is 46.5 cm³/mol. The maximum atomic E-state index is 7.14. The first-order chi connectivity index (χ1) is 5.65. The van der Waals surface area contributed by atoms with Crippen molar-refractivity contribution in [1.82, 2.24) is 4.98 Å². The number of hydrogen-bond donors (Lipinski definition) is 2. The van der Waals surface area contributed by atoms with E-state index in [1.54, 1.807) is 13.2 Å². The Kier molecular flexibility index (Phi) is 2.28. The van der Waals surface area contributed by atoms with E-state index in [4.69, 9.17) is 15.9 Å². The molecular formula is C8H11N3O. The SMILES string of the molecule is COc1nc(C(=N)N)ccc1C. The largest absolute Gasteiger partial charge is 0.481 e. The fourth-order valence-corrected chi connectivity index (χ4v) is 0.867. The molecule has 0 saturated heterocycles. The maximum absolute atomic E-state index is 7.14. The van der Waals surface area contributed by atoms with Gasteiger partial charge in [0.15, 0.2) is 0 Å². The minimum absolute atomic E-state index is 0.0479. The van der Waals surface area contributed by atoms with Crippen molar-refractivity contribution < 1.29 is 4.74 Å². The molecule has 0 spiro atoms. The second-order valence-corrected chi connectivity index (χ2v) is 2.44. The summed E-state index contributed by atoms with van der Waals surface area (Å²) in [6.45, 7) is 1.88. The predicted octanol–water partition coefficient (Wildman–Crippen LogP) is 0.683. The highest BCUT2D eigenvalue weighted by atomic mass is 16.5. The number of methoxy groups -OCH3 is 1. The summed E-state index contributed by atoms with van der Waals surface area (Å²) in [5, 5.41) is 7.14. The molecule has 1 rings (SSSR count). The topological polar surface area (TPSA) is 72.0 Å². The van der Waals surface area contributed by atoms with Crippen LogP contribution in [-0.2, 0) is 0 Å². The van der Waals surface area contributed by atoms with Gasteiger partial charge in [-0.1, -0.05) is 6.07 Å². The summed E-state index contributed by atoms with van der Waals surface area (Å²) in [4.78, 5) is 4.02. The Balaban J connectivity index is 3.13. The quantitative estimate of drug-likeness (QED) is 0.500. The van der Waals surface area contributed by atoms with E-state index in [0.717, 1.165) is 5.56 Å². The Morgan fingerprint density at radius 1 is 1.58 bits per heavy atom. The van der Waals surface area contributed by atoms with Crippen molar-refractivity contribution in [2.24, 2.45) is 5.73 Å². The van der Waals surface area contributed by atoms with Crippen LogP contribution in [0.25, 0.3) is 0 Å². The average Bonchev–Trinajstić information content (AvgIpc) is 2.05. The van der Waals surface area contributed by atoms with Crippen LogP contribution >= 0.6 is 0 Å². The lowest BCUT2D eigenvalue weighted by Gasteiger charge is -2.04. The number of aryl methyl sites for hydroxylation is 1. The number of hydrogen-bond acceptors (Lipinski definition) is 3. The van der Waals surface area contributed by atoms with E-state index in [0.29, 0.717) is 11.6 Å². The van der Waals surface area contributed by atoms with Gasteiger partial charge in [0.2, 0.25) is 5.88 Å². The van der Waals surface area contributed by atoms with Crippen LogP contribution in [0.2, 0.25) is 0 Å². The van der Waals surface area contributed by atoms with Crippen LogP contribution < -0.4 is 10.5 Å². The summed E-state index contributed by atoms with van der Waals surface area (Å²) >= 11 is 0. The Bertz CT molecular complexity index is 309. The van der Waals surface area contributed by atoms with Gasteiger partial charge in [-0.3, -0.25) is 5.41 Å². The lowest BCUT2D eigenvalue weighted by Crippen LogP contribution is -2.13. The molecule has 4 heteroatoms. The first-order valence-electron chi connectivity index (χ1n) is 3.51. The highest BCUT2D eigenvalue weighted by Crippen LogP contribution is 2.13.